The van der Waals surface area contributed by atoms with Crippen molar-refractivity contribution in [3.05, 3.63) is 53.1 Å². The van der Waals surface area contributed by atoms with E-state index in [2.05, 4.69) is 32.5 Å². The van der Waals surface area contributed by atoms with Crippen molar-refractivity contribution in [1.82, 2.24) is 9.38 Å². The summed E-state index contributed by atoms with van der Waals surface area (Å²) in [5.41, 5.74) is 3.11. The van der Waals surface area contributed by atoms with Crippen LogP contribution in [0, 0.1) is 0 Å². The van der Waals surface area contributed by atoms with Crippen molar-refractivity contribution in [2.45, 2.75) is 4.90 Å². The van der Waals surface area contributed by atoms with Crippen molar-refractivity contribution in [2.24, 2.45) is 0 Å². The van der Waals surface area contributed by atoms with Crippen molar-refractivity contribution in [3.63, 3.8) is 0 Å². The summed E-state index contributed by atoms with van der Waals surface area (Å²) >= 11 is 5.29. The molecule has 3 nitrogen and oxygen atoms in total. The van der Waals surface area contributed by atoms with Crippen molar-refractivity contribution in [3.8, 4) is 11.3 Å². The zero-order valence-electron chi connectivity index (χ0n) is 11.6. The van der Waals surface area contributed by atoms with Gasteiger partial charge in [-0.2, -0.15) is 0 Å². The van der Waals surface area contributed by atoms with E-state index in [1.165, 1.54) is 0 Å². The van der Waals surface area contributed by atoms with Gasteiger partial charge in [-0.25, -0.2) is 4.98 Å². The summed E-state index contributed by atoms with van der Waals surface area (Å²) in [6.07, 6.45) is 1.70. The molecule has 1 unspecified atom stereocenters. The van der Waals surface area contributed by atoms with E-state index < -0.39 is 10.8 Å². The van der Waals surface area contributed by atoms with Gasteiger partial charge in [0.2, 0.25) is 0 Å². The molecule has 0 saturated heterocycles. The number of nitrogens with zero attached hydrogens (tertiary/aromatic N) is 2. The lowest BCUT2D eigenvalue weighted by Crippen LogP contribution is -1.87. The lowest BCUT2D eigenvalue weighted by molar-refractivity contribution is 0.687. The Kier molecular flexibility index (Phi) is 3.40. The third-order valence-corrected chi connectivity index (χ3v) is 6.19. The molecule has 22 heavy (non-hydrogen) atoms. The van der Waals surface area contributed by atoms with Crippen LogP contribution in [-0.2, 0) is 10.8 Å². The Morgan fingerprint density at radius 1 is 1.18 bits per heavy atom. The molecule has 2 aromatic heterocycles. The molecule has 0 aliphatic heterocycles. The number of imidazole rings is 1. The quantitative estimate of drug-likeness (QED) is 0.496. The fourth-order valence-electron chi connectivity index (χ4n) is 2.48. The van der Waals surface area contributed by atoms with E-state index in [0.717, 1.165) is 35.9 Å². The number of benzene rings is 2. The highest BCUT2D eigenvalue weighted by molar-refractivity contribution is 9.10. The van der Waals surface area contributed by atoms with Crippen molar-refractivity contribution in [1.29, 1.82) is 0 Å². The Bertz CT molecular complexity index is 1020. The summed E-state index contributed by atoms with van der Waals surface area (Å²) < 4.78 is 15.8. The average molecular weight is 391 g/mol. The van der Waals surface area contributed by atoms with Gasteiger partial charge in [-0.1, -0.05) is 41.7 Å². The first-order chi connectivity index (χ1) is 10.6. The molecule has 0 aliphatic carbocycles. The molecule has 0 bridgehead atoms. The SMILES string of the molecule is CS(=O)c1ccc2c(c1)sc1nc(-c3ccccc3)c(Br)n12. The topological polar surface area (TPSA) is 34.4 Å². The molecule has 0 radical (unpaired) electrons. The van der Waals surface area contributed by atoms with Crippen molar-refractivity contribution < 1.29 is 4.21 Å². The Labute approximate surface area is 142 Å². The minimum Gasteiger partial charge on any atom is -0.277 e. The van der Waals surface area contributed by atoms with Gasteiger partial charge in [-0.3, -0.25) is 8.61 Å². The second-order valence-corrected chi connectivity index (χ2v) is 8.06. The minimum absolute atomic E-state index is 0.844. The zero-order chi connectivity index (χ0) is 15.3. The number of hydrogen-bond donors (Lipinski definition) is 0. The van der Waals surface area contributed by atoms with Gasteiger partial charge in [0.25, 0.3) is 0 Å². The first kappa shape index (κ1) is 14.1. The van der Waals surface area contributed by atoms with Gasteiger partial charge in [-0.15, -0.1) is 0 Å². The maximum Gasteiger partial charge on any atom is 0.196 e. The highest BCUT2D eigenvalue weighted by Crippen LogP contribution is 2.36. The molecule has 110 valence electrons. The molecular weight excluding hydrogens is 380 g/mol. The summed E-state index contributed by atoms with van der Waals surface area (Å²) in [6, 6.07) is 16.0. The van der Waals surface area contributed by atoms with Gasteiger partial charge in [0, 0.05) is 27.5 Å². The van der Waals surface area contributed by atoms with Gasteiger partial charge in [0.05, 0.1) is 10.2 Å². The largest absolute Gasteiger partial charge is 0.277 e. The number of hydrogen-bond acceptors (Lipinski definition) is 3. The molecule has 0 aliphatic rings. The molecule has 2 aromatic carbocycles. The van der Waals surface area contributed by atoms with Gasteiger partial charge < -0.3 is 0 Å². The zero-order valence-corrected chi connectivity index (χ0v) is 14.8. The number of fused-ring (bicyclic) bond motifs is 3. The Balaban J connectivity index is 1.99. The minimum atomic E-state index is -0.969. The first-order valence-electron chi connectivity index (χ1n) is 6.64. The highest BCUT2D eigenvalue weighted by Gasteiger charge is 2.16. The number of halogens is 1. The summed E-state index contributed by atoms with van der Waals surface area (Å²) in [5, 5.41) is 0. The maximum absolute atomic E-state index is 11.6. The van der Waals surface area contributed by atoms with Gasteiger partial charge >= 0.3 is 0 Å². The standard InChI is InChI=1S/C16H11BrN2OS2/c1-22(20)11-7-8-12-13(9-11)21-16-18-14(15(17)19(12)16)10-5-3-2-4-6-10/h2-9H,1H3. The lowest BCUT2D eigenvalue weighted by atomic mass is 10.2. The van der Waals surface area contributed by atoms with Crippen LogP contribution in [0.5, 0.6) is 0 Å². The van der Waals surface area contributed by atoms with E-state index >= 15 is 0 Å². The third kappa shape index (κ3) is 2.14. The van der Waals surface area contributed by atoms with Crippen LogP contribution in [0.2, 0.25) is 0 Å². The number of thiazole rings is 1. The predicted octanol–water partition coefficient (Wildman–Crippen LogP) is 4.72. The fraction of sp³-hybridized carbons (Fsp3) is 0.0625. The van der Waals surface area contributed by atoms with Gasteiger partial charge in [0.15, 0.2) is 4.96 Å². The molecule has 4 rings (SSSR count). The Morgan fingerprint density at radius 3 is 2.68 bits per heavy atom. The van der Waals surface area contributed by atoms with Crippen LogP contribution in [0.1, 0.15) is 0 Å². The first-order valence-corrected chi connectivity index (χ1v) is 9.81. The molecule has 6 heteroatoms. The summed E-state index contributed by atoms with van der Waals surface area (Å²) in [6.45, 7) is 0. The average Bonchev–Trinajstić information content (AvgIpc) is 3.04. The van der Waals surface area contributed by atoms with E-state index in [4.69, 9.17) is 4.98 Å². The summed E-state index contributed by atoms with van der Waals surface area (Å²) in [4.78, 5) is 6.53. The van der Waals surface area contributed by atoms with Crippen LogP contribution in [0.3, 0.4) is 0 Å². The Hall–Kier alpha value is -1.50. The van der Waals surface area contributed by atoms with Crippen LogP contribution in [0.15, 0.2) is 58.0 Å². The smallest absolute Gasteiger partial charge is 0.196 e. The second-order valence-electron chi connectivity index (χ2n) is 4.92. The van der Waals surface area contributed by atoms with Crippen LogP contribution in [0.4, 0.5) is 0 Å². The molecular formula is C16H11BrN2OS2. The molecule has 0 N–H and O–H groups in total. The van der Waals surface area contributed by atoms with Crippen LogP contribution >= 0.6 is 27.3 Å². The maximum atomic E-state index is 11.6. The fourth-order valence-corrected chi connectivity index (χ4v) is 4.95. The molecule has 0 fully saturated rings. The second kappa shape index (κ2) is 5.30. The van der Waals surface area contributed by atoms with Gasteiger partial charge in [0.1, 0.15) is 10.3 Å². The predicted molar refractivity (Wildman–Crippen MR) is 96.0 cm³/mol. The van der Waals surface area contributed by atoms with E-state index in [1.807, 2.05) is 36.4 Å². The van der Waals surface area contributed by atoms with E-state index in [1.54, 1.807) is 17.6 Å². The Morgan fingerprint density at radius 2 is 1.95 bits per heavy atom. The van der Waals surface area contributed by atoms with Crippen LogP contribution in [0.25, 0.3) is 26.4 Å². The van der Waals surface area contributed by atoms with Crippen LogP contribution < -0.4 is 0 Å². The normalized spacial score (nSPS) is 13.0. The van der Waals surface area contributed by atoms with Gasteiger partial charge in [-0.05, 0) is 34.1 Å². The molecule has 0 spiro atoms. The monoisotopic (exact) mass is 390 g/mol. The van der Waals surface area contributed by atoms with E-state index in [0.29, 0.717) is 0 Å². The number of rotatable bonds is 2. The van der Waals surface area contributed by atoms with Crippen molar-refractivity contribution in [2.75, 3.05) is 6.26 Å². The molecule has 0 saturated carbocycles. The van der Waals surface area contributed by atoms with Crippen molar-refractivity contribution >= 4 is 53.2 Å². The molecule has 1 atom stereocenters. The number of aromatic nitrogens is 2. The van der Waals surface area contributed by atoms with Crippen LogP contribution in [-0.4, -0.2) is 19.8 Å². The third-order valence-electron chi connectivity index (χ3n) is 3.54. The highest BCUT2D eigenvalue weighted by atomic mass is 79.9. The molecule has 0 amide bonds. The summed E-state index contributed by atoms with van der Waals surface area (Å²) in [7, 11) is -0.969. The summed E-state index contributed by atoms with van der Waals surface area (Å²) in [5.74, 6) is 0. The van der Waals surface area contributed by atoms with E-state index in [9.17, 15) is 4.21 Å². The molecule has 4 aromatic rings. The molecule has 2 heterocycles. The lowest BCUT2D eigenvalue weighted by Gasteiger charge is -1.99. The van der Waals surface area contributed by atoms with E-state index in [-0.39, 0.29) is 0 Å².